The highest BCUT2D eigenvalue weighted by Gasteiger charge is 2.27. The normalized spacial score (nSPS) is 14.9. The molecule has 1 heterocycles. The van der Waals surface area contributed by atoms with Crippen LogP contribution in [0.1, 0.15) is 42.6 Å². The number of carbonyl (C=O) groups is 2. The van der Waals surface area contributed by atoms with Gasteiger partial charge in [-0.25, -0.2) is 0 Å². The Bertz CT molecular complexity index is 897. The number of amides is 1. The van der Waals surface area contributed by atoms with Gasteiger partial charge in [-0.15, -0.1) is 0 Å². The molecule has 1 aliphatic heterocycles. The maximum Gasteiger partial charge on any atom is 0.246 e. The Labute approximate surface area is 178 Å². The second-order valence-electron chi connectivity index (χ2n) is 7.74. The second-order valence-corrected chi connectivity index (χ2v) is 7.74. The minimum atomic E-state index is -0.0397. The molecule has 30 heavy (non-hydrogen) atoms. The van der Waals surface area contributed by atoms with E-state index in [1.54, 1.807) is 24.2 Å². The van der Waals surface area contributed by atoms with Gasteiger partial charge in [-0.3, -0.25) is 9.59 Å². The van der Waals surface area contributed by atoms with Crippen LogP contribution < -0.4 is 9.47 Å². The van der Waals surface area contributed by atoms with Crippen LogP contribution in [-0.4, -0.2) is 42.9 Å². The minimum absolute atomic E-state index is 0.0156. The van der Waals surface area contributed by atoms with Gasteiger partial charge in [-0.05, 0) is 50.5 Å². The largest absolute Gasteiger partial charge is 0.493 e. The maximum atomic E-state index is 12.6. The minimum Gasteiger partial charge on any atom is -0.493 e. The molecule has 3 rings (SSSR count). The van der Waals surface area contributed by atoms with Crippen molar-refractivity contribution < 1.29 is 19.1 Å². The molecule has 0 aromatic heterocycles. The molecule has 0 aliphatic carbocycles. The first-order valence-corrected chi connectivity index (χ1v) is 10.4. The SMILES string of the molecule is COc1cc(/C=C/C(=O)N2CCC(C(=O)c3ccccc3)CC2)ccc1OC(C)C. The second kappa shape index (κ2) is 10.1. The van der Waals surface area contributed by atoms with E-state index >= 15 is 0 Å². The number of piperidine rings is 1. The van der Waals surface area contributed by atoms with Gasteiger partial charge in [0.2, 0.25) is 5.91 Å². The van der Waals surface area contributed by atoms with E-state index in [1.807, 2.05) is 62.4 Å². The lowest BCUT2D eigenvalue weighted by Gasteiger charge is -2.30. The molecule has 0 spiro atoms. The summed E-state index contributed by atoms with van der Waals surface area (Å²) in [4.78, 5) is 27.0. The number of hydrogen-bond donors (Lipinski definition) is 0. The van der Waals surface area contributed by atoms with Crippen molar-refractivity contribution in [1.82, 2.24) is 4.90 Å². The van der Waals surface area contributed by atoms with Crippen LogP contribution in [-0.2, 0) is 4.79 Å². The monoisotopic (exact) mass is 407 g/mol. The van der Waals surface area contributed by atoms with E-state index in [0.717, 1.165) is 11.1 Å². The Kier molecular flexibility index (Phi) is 7.28. The van der Waals surface area contributed by atoms with Crippen molar-refractivity contribution in [2.45, 2.75) is 32.8 Å². The van der Waals surface area contributed by atoms with Crippen LogP contribution >= 0.6 is 0 Å². The van der Waals surface area contributed by atoms with Crippen LogP contribution in [0.15, 0.2) is 54.6 Å². The predicted octanol–water partition coefficient (Wildman–Crippen LogP) is 4.62. The predicted molar refractivity (Wildman–Crippen MR) is 118 cm³/mol. The van der Waals surface area contributed by atoms with E-state index in [4.69, 9.17) is 9.47 Å². The van der Waals surface area contributed by atoms with Crippen LogP contribution in [0.4, 0.5) is 0 Å². The summed E-state index contributed by atoms with van der Waals surface area (Å²) < 4.78 is 11.1. The van der Waals surface area contributed by atoms with Crippen molar-refractivity contribution >= 4 is 17.8 Å². The quantitative estimate of drug-likeness (QED) is 0.497. The summed E-state index contributed by atoms with van der Waals surface area (Å²) in [6.07, 6.45) is 4.81. The molecule has 0 unspecified atom stereocenters. The number of likely N-dealkylation sites (tertiary alicyclic amines) is 1. The van der Waals surface area contributed by atoms with Gasteiger partial charge in [0.25, 0.3) is 0 Å². The van der Waals surface area contributed by atoms with E-state index < -0.39 is 0 Å². The van der Waals surface area contributed by atoms with Crippen molar-refractivity contribution in [3.05, 3.63) is 65.7 Å². The topological polar surface area (TPSA) is 55.8 Å². The zero-order valence-corrected chi connectivity index (χ0v) is 17.8. The lowest BCUT2D eigenvalue weighted by atomic mass is 9.89. The van der Waals surface area contributed by atoms with Gasteiger partial charge in [-0.1, -0.05) is 36.4 Å². The molecule has 0 saturated carbocycles. The van der Waals surface area contributed by atoms with Gasteiger partial charge in [0.1, 0.15) is 0 Å². The maximum absolute atomic E-state index is 12.6. The van der Waals surface area contributed by atoms with Crippen LogP contribution in [0.3, 0.4) is 0 Å². The summed E-state index contributed by atoms with van der Waals surface area (Å²) in [5, 5.41) is 0. The Hall–Kier alpha value is -3.08. The first kappa shape index (κ1) is 21.6. The standard InChI is InChI=1S/C25H29NO4/c1-18(2)30-22-11-9-19(17-23(22)29-3)10-12-24(27)26-15-13-21(14-16-26)25(28)20-7-5-4-6-8-20/h4-12,17-18,21H,13-16H2,1-3H3/b12-10+. The molecule has 0 radical (unpaired) electrons. The van der Waals surface area contributed by atoms with Crippen molar-refractivity contribution in [3.8, 4) is 11.5 Å². The summed E-state index contributed by atoms with van der Waals surface area (Å²) in [6, 6.07) is 15.0. The van der Waals surface area contributed by atoms with E-state index in [2.05, 4.69) is 0 Å². The molecule has 5 heteroatoms. The van der Waals surface area contributed by atoms with Gasteiger partial charge in [-0.2, -0.15) is 0 Å². The average Bonchev–Trinajstić information content (AvgIpc) is 2.78. The third-order valence-electron chi connectivity index (χ3n) is 5.20. The van der Waals surface area contributed by atoms with Crippen LogP contribution in [0.25, 0.3) is 6.08 Å². The first-order valence-electron chi connectivity index (χ1n) is 10.4. The van der Waals surface area contributed by atoms with Crippen molar-refractivity contribution in [1.29, 1.82) is 0 Å². The zero-order valence-electron chi connectivity index (χ0n) is 17.8. The van der Waals surface area contributed by atoms with Gasteiger partial charge in [0, 0.05) is 30.6 Å². The van der Waals surface area contributed by atoms with Crippen molar-refractivity contribution in [2.75, 3.05) is 20.2 Å². The van der Waals surface area contributed by atoms with Crippen LogP contribution in [0.2, 0.25) is 0 Å². The van der Waals surface area contributed by atoms with Gasteiger partial charge in [0.05, 0.1) is 13.2 Å². The summed E-state index contributed by atoms with van der Waals surface area (Å²) >= 11 is 0. The molecule has 1 fully saturated rings. The molecule has 158 valence electrons. The third-order valence-corrected chi connectivity index (χ3v) is 5.20. The molecule has 1 amide bonds. The fraction of sp³-hybridized carbons (Fsp3) is 0.360. The summed E-state index contributed by atoms with van der Waals surface area (Å²) in [5.74, 6) is 1.44. The van der Waals surface area contributed by atoms with Crippen LogP contribution in [0, 0.1) is 5.92 Å². The highest BCUT2D eigenvalue weighted by Crippen LogP contribution is 2.29. The summed E-state index contributed by atoms with van der Waals surface area (Å²) in [5.41, 5.74) is 1.62. The number of Topliss-reactive ketones (excluding diaryl/α,β-unsaturated/α-hetero) is 1. The molecular weight excluding hydrogens is 378 g/mol. The lowest BCUT2D eigenvalue weighted by Crippen LogP contribution is -2.39. The van der Waals surface area contributed by atoms with E-state index in [9.17, 15) is 9.59 Å². The number of ketones is 1. The number of nitrogens with zero attached hydrogens (tertiary/aromatic N) is 1. The molecule has 0 bridgehead atoms. The van der Waals surface area contributed by atoms with Gasteiger partial charge in [0.15, 0.2) is 17.3 Å². The molecule has 0 atom stereocenters. The number of rotatable bonds is 7. The number of ether oxygens (including phenoxy) is 2. The molecule has 0 N–H and O–H groups in total. The van der Waals surface area contributed by atoms with E-state index in [1.165, 1.54) is 0 Å². The third kappa shape index (κ3) is 5.50. The number of carbonyl (C=O) groups excluding carboxylic acids is 2. The summed E-state index contributed by atoms with van der Waals surface area (Å²) in [6.45, 7) is 5.11. The Balaban J connectivity index is 1.57. The molecule has 5 nitrogen and oxygen atoms in total. The van der Waals surface area contributed by atoms with Crippen molar-refractivity contribution in [3.63, 3.8) is 0 Å². The fourth-order valence-electron chi connectivity index (χ4n) is 3.61. The van der Waals surface area contributed by atoms with Gasteiger partial charge < -0.3 is 14.4 Å². The molecular formula is C25H29NO4. The Morgan fingerprint density at radius 2 is 1.73 bits per heavy atom. The Morgan fingerprint density at radius 1 is 1.03 bits per heavy atom. The number of hydrogen-bond acceptors (Lipinski definition) is 4. The van der Waals surface area contributed by atoms with Crippen LogP contribution in [0.5, 0.6) is 11.5 Å². The zero-order chi connectivity index (χ0) is 21.5. The van der Waals surface area contributed by atoms with E-state index in [0.29, 0.717) is 37.4 Å². The molecule has 2 aromatic rings. The lowest BCUT2D eigenvalue weighted by molar-refractivity contribution is -0.127. The highest BCUT2D eigenvalue weighted by atomic mass is 16.5. The van der Waals surface area contributed by atoms with E-state index in [-0.39, 0.29) is 23.7 Å². The van der Waals surface area contributed by atoms with Gasteiger partial charge >= 0.3 is 0 Å². The Morgan fingerprint density at radius 3 is 2.37 bits per heavy atom. The highest BCUT2D eigenvalue weighted by molar-refractivity contribution is 5.98. The molecule has 1 aliphatic rings. The summed E-state index contributed by atoms with van der Waals surface area (Å²) in [7, 11) is 1.60. The molecule has 2 aromatic carbocycles. The smallest absolute Gasteiger partial charge is 0.246 e. The first-order chi connectivity index (χ1) is 14.5. The molecule has 1 saturated heterocycles. The number of benzene rings is 2. The van der Waals surface area contributed by atoms with Crippen molar-refractivity contribution in [2.24, 2.45) is 5.92 Å². The fourth-order valence-corrected chi connectivity index (χ4v) is 3.61. The number of methoxy groups -OCH3 is 1. The average molecular weight is 408 g/mol.